The molecule has 3 aromatic carbocycles. The van der Waals surface area contributed by atoms with Gasteiger partial charge in [-0.05, 0) is 72.7 Å². The van der Waals surface area contributed by atoms with Crippen molar-refractivity contribution in [2.24, 2.45) is 0 Å². The smallest absolute Gasteiger partial charge is 0.257 e. The molecule has 1 amide bonds. The van der Waals surface area contributed by atoms with Crippen LogP contribution in [-0.2, 0) is 6.54 Å². The lowest BCUT2D eigenvalue weighted by atomic mass is 10.2. The SMILES string of the molecule is CCCCOc1ccc(CNC(=S)NC(=O)c2ccc(OCCOc3ccccc3)cc2)cc1OC. The Bertz CT molecular complexity index is 1110. The number of ether oxygens (including phenoxy) is 4. The molecule has 190 valence electrons. The van der Waals surface area contributed by atoms with E-state index in [0.29, 0.717) is 49.2 Å². The lowest BCUT2D eigenvalue weighted by Gasteiger charge is -2.13. The average molecular weight is 509 g/mol. The number of amides is 1. The van der Waals surface area contributed by atoms with Crippen LogP contribution in [0.5, 0.6) is 23.0 Å². The molecule has 0 aliphatic rings. The minimum absolute atomic E-state index is 0.237. The lowest BCUT2D eigenvalue weighted by Crippen LogP contribution is -2.38. The molecule has 0 aromatic heterocycles. The number of hydrogen-bond donors (Lipinski definition) is 2. The van der Waals surface area contributed by atoms with Gasteiger partial charge in [0.05, 0.1) is 13.7 Å². The van der Waals surface area contributed by atoms with Crippen LogP contribution in [0, 0.1) is 0 Å². The number of thiocarbonyl (C=S) groups is 1. The van der Waals surface area contributed by atoms with Crippen molar-refractivity contribution in [2.75, 3.05) is 26.9 Å². The molecule has 3 rings (SSSR count). The van der Waals surface area contributed by atoms with Crippen LogP contribution in [0.1, 0.15) is 35.7 Å². The van der Waals surface area contributed by atoms with Crippen molar-refractivity contribution >= 4 is 23.2 Å². The molecule has 0 heterocycles. The van der Waals surface area contributed by atoms with Gasteiger partial charge in [-0.25, -0.2) is 0 Å². The summed E-state index contributed by atoms with van der Waals surface area (Å²) in [7, 11) is 1.61. The third-order valence-corrected chi connectivity index (χ3v) is 5.39. The summed E-state index contributed by atoms with van der Waals surface area (Å²) in [5, 5.41) is 5.98. The largest absolute Gasteiger partial charge is 0.493 e. The number of hydrogen-bond acceptors (Lipinski definition) is 6. The van der Waals surface area contributed by atoms with Crippen LogP contribution < -0.4 is 29.6 Å². The first kappa shape index (κ1) is 26.8. The fourth-order valence-electron chi connectivity index (χ4n) is 3.21. The summed E-state index contributed by atoms with van der Waals surface area (Å²) in [4.78, 5) is 12.5. The van der Waals surface area contributed by atoms with E-state index in [1.165, 1.54) is 0 Å². The standard InChI is InChI=1S/C28H32N2O5S/c1-3-4-16-35-25-15-10-21(19-26(25)32-2)20-29-28(36)30-27(31)22-11-13-24(14-12-22)34-18-17-33-23-8-6-5-7-9-23/h5-15,19H,3-4,16-18,20H2,1-2H3,(H2,29,30,31,36). The van der Waals surface area contributed by atoms with Crippen LogP contribution in [0.4, 0.5) is 0 Å². The number of methoxy groups -OCH3 is 1. The molecular formula is C28H32N2O5S. The second-order valence-corrected chi connectivity index (χ2v) is 8.27. The highest BCUT2D eigenvalue weighted by Gasteiger charge is 2.10. The van der Waals surface area contributed by atoms with Crippen molar-refractivity contribution < 1.29 is 23.7 Å². The van der Waals surface area contributed by atoms with E-state index in [2.05, 4.69) is 17.6 Å². The fraction of sp³-hybridized carbons (Fsp3) is 0.286. The zero-order chi connectivity index (χ0) is 25.6. The van der Waals surface area contributed by atoms with Crippen molar-refractivity contribution in [3.8, 4) is 23.0 Å². The number of para-hydroxylation sites is 1. The first-order valence-electron chi connectivity index (χ1n) is 11.9. The van der Waals surface area contributed by atoms with Gasteiger partial charge in [0.15, 0.2) is 16.6 Å². The number of rotatable bonds is 13. The number of carbonyl (C=O) groups is 1. The molecule has 0 fully saturated rings. The first-order valence-corrected chi connectivity index (χ1v) is 12.3. The zero-order valence-electron chi connectivity index (χ0n) is 20.6. The zero-order valence-corrected chi connectivity index (χ0v) is 21.4. The number of unbranched alkanes of at least 4 members (excludes halogenated alkanes) is 1. The molecule has 0 saturated heterocycles. The molecule has 0 unspecified atom stereocenters. The fourth-order valence-corrected chi connectivity index (χ4v) is 3.37. The average Bonchev–Trinajstić information content (AvgIpc) is 2.91. The van der Waals surface area contributed by atoms with Crippen LogP contribution in [0.25, 0.3) is 0 Å². The van der Waals surface area contributed by atoms with E-state index in [1.54, 1.807) is 31.4 Å². The molecule has 0 saturated carbocycles. The Morgan fingerprint density at radius 2 is 1.53 bits per heavy atom. The second kappa shape index (κ2) is 14.6. The highest BCUT2D eigenvalue weighted by molar-refractivity contribution is 7.80. The van der Waals surface area contributed by atoms with Gasteiger partial charge in [0.25, 0.3) is 5.91 Å². The molecule has 8 heteroatoms. The summed E-state index contributed by atoms with van der Waals surface area (Å²) >= 11 is 5.29. The molecule has 0 spiro atoms. The monoisotopic (exact) mass is 508 g/mol. The predicted octanol–water partition coefficient (Wildman–Crippen LogP) is 5.14. The number of benzene rings is 3. The van der Waals surface area contributed by atoms with E-state index in [1.807, 2.05) is 48.5 Å². The summed E-state index contributed by atoms with van der Waals surface area (Å²) in [5.74, 6) is 2.52. The molecule has 2 N–H and O–H groups in total. The maximum absolute atomic E-state index is 12.5. The van der Waals surface area contributed by atoms with Crippen LogP contribution in [0.2, 0.25) is 0 Å². The Labute approximate surface area is 217 Å². The van der Waals surface area contributed by atoms with E-state index in [4.69, 9.17) is 31.2 Å². The topological polar surface area (TPSA) is 78.1 Å². The van der Waals surface area contributed by atoms with Crippen LogP contribution in [0.3, 0.4) is 0 Å². The van der Waals surface area contributed by atoms with Gasteiger partial charge in [-0.3, -0.25) is 10.1 Å². The normalized spacial score (nSPS) is 10.3. The van der Waals surface area contributed by atoms with Gasteiger partial charge in [-0.15, -0.1) is 0 Å². The van der Waals surface area contributed by atoms with E-state index in [9.17, 15) is 4.79 Å². The highest BCUT2D eigenvalue weighted by atomic mass is 32.1. The molecule has 7 nitrogen and oxygen atoms in total. The molecule has 3 aromatic rings. The number of nitrogens with one attached hydrogen (secondary N) is 2. The third kappa shape index (κ3) is 8.78. The Morgan fingerprint density at radius 1 is 0.833 bits per heavy atom. The minimum atomic E-state index is -0.302. The first-order chi connectivity index (χ1) is 17.6. The van der Waals surface area contributed by atoms with Crippen LogP contribution in [0.15, 0.2) is 72.8 Å². The van der Waals surface area contributed by atoms with Gasteiger partial charge in [0.2, 0.25) is 0 Å². The van der Waals surface area contributed by atoms with Gasteiger partial charge < -0.3 is 24.3 Å². The summed E-state index contributed by atoms with van der Waals surface area (Å²) in [6, 6.07) is 22.1. The molecule has 0 aliphatic heterocycles. The van der Waals surface area contributed by atoms with Crippen molar-refractivity contribution in [1.29, 1.82) is 0 Å². The maximum atomic E-state index is 12.5. The Hall–Kier alpha value is -3.78. The Kier molecular flexibility index (Phi) is 10.9. The summed E-state index contributed by atoms with van der Waals surface area (Å²) < 4.78 is 22.5. The quantitative estimate of drug-likeness (QED) is 0.245. The van der Waals surface area contributed by atoms with Gasteiger partial charge in [-0.1, -0.05) is 37.6 Å². The lowest BCUT2D eigenvalue weighted by molar-refractivity contribution is 0.0976. The summed E-state index contributed by atoms with van der Waals surface area (Å²) in [5.41, 5.74) is 1.42. The molecule has 0 aliphatic carbocycles. The molecule has 0 atom stereocenters. The summed E-state index contributed by atoms with van der Waals surface area (Å²) in [6.07, 6.45) is 2.05. The van der Waals surface area contributed by atoms with Gasteiger partial charge >= 0.3 is 0 Å². The van der Waals surface area contributed by atoms with Gasteiger partial charge in [0.1, 0.15) is 24.7 Å². The Balaban J connectivity index is 1.41. The van der Waals surface area contributed by atoms with Gasteiger partial charge in [-0.2, -0.15) is 0 Å². The van der Waals surface area contributed by atoms with Crippen molar-refractivity contribution in [3.05, 3.63) is 83.9 Å². The Morgan fingerprint density at radius 3 is 2.19 bits per heavy atom. The van der Waals surface area contributed by atoms with E-state index < -0.39 is 0 Å². The van der Waals surface area contributed by atoms with Crippen molar-refractivity contribution in [1.82, 2.24) is 10.6 Å². The minimum Gasteiger partial charge on any atom is -0.493 e. The second-order valence-electron chi connectivity index (χ2n) is 7.86. The highest BCUT2D eigenvalue weighted by Crippen LogP contribution is 2.28. The van der Waals surface area contributed by atoms with Crippen LogP contribution >= 0.6 is 12.2 Å². The van der Waals surface area contributed by atoms with E-state index in [-0.39, 0.29) is 11.0 Å². The molecule has 0 bridgehead atoms. The van der Waals surface area contributed by atoms with Gasteiger partial charge in [0, 0.05) is 12.1 Å². The van der Waals surface area contributed by atoms with E-state index in [0.717, 1.165) is 24.2 Å². The third-order valence-electron chi connectivity index (χ3n) is 5.14. The molecule has 0 radical (unpaired) electrons. The van der Waals surface area contributed by atoms with Crippen molar-refractivity contribution in [2.45, 2.75) is 26.3 Å². The van der Waals surface area contributed by atoms with E-state index >= 15 is 0 Å². The predicted molar refractivity (Wildman–Crippen MR) is 144 cm³/mol. The number of carbonyl (C=O) groups excluding carboxylic acids is 1. The summed E-state index contributed by atoms with van der Waals surface area (Å²) in [6.45, 7) is 4.02. The van der Waals surface area contributed by atoms with Crippen molar-refractivity contribution in [3.63, 3.8) is 0 Å². The maximum Gasteiger partial charge on any atom is 0.257 e. The molecule has 36 heavy (non-hydrogen) atoms. The van der Waals surface area contributed by atoms with Crippen LogP contribution in [-0.4, -0.2) is 38.0 Å². The molecular weight excluding hydrogens is 476 g/mol.